The van der Waals surface area contributed by atoms with Crippen molar-refractivity contribution in [2.75, 3.05) is 5.32 Å². The van der Waals surface area contributed by atoms with Crippen LogP contribution in [0.5, 0.6) is 0 Å². The zero-order valence-electron chi connectivity index (χ0n) is 13.3. The molecule has 1 heterocycles. The second-order valence-electron chi connectivity index (χ2n) is 5.80. The number of hydrogen-bond acceptors (Lipinski definition) is 3. The van der Waals surface area contributed by atoms with Crippen LogP contribution < -0.4 is 11.1 Å². The van der Waals surface area contributed by atoms with E-state index in [0.717, 1.165) is 11.3 Å². The van der Waals surface area contributed by atoms with Crippen molar-refractivity contribution in [1.82, 2.24) is 10.2 Å². The minimum Gasteiger partial charge on any atom is -0.320 e. The second-order valence-corrected chi connectivity index (χ2v) is 5.80. The van der Waals surface area contributed by atoms with E-state index in [1.54, 1.807) is 0 Å². The summed E-state index contributed by atoms with van der Waals surface area (Å²) in [6, 6.07) is 7.55. The van der Waals surface area contributed by atoms with Gasteiger partial charge in [0, 0.05) is 11.6 Å². The normalized spacial score (nSPS) is 11.9. The third-order valence-corrected chi connectivity index (χ3v) is 3.38. The van der Waals surface area contributed by atoms with Gasteiger partial charge in [0.05, 0.1) is 11.7 Å². The molecule has 1 atom stereocenters. The molecule has 5 nitrogen and oxygen atoms in total. The van der Waals surface area contributed by atoms with Gasteiger partial charge in [-0.25, -0.2) is 0 Å². The third kappa shape index (κ3) is 4.32. The Balaban J connectivity index is 0.00000242. The summed E-state index contributed by atoms with van der Waals surface area (Å²) in [5.74, 6) is 0.358. The standard InChI is InChI=1S/C16H22N4O.ClH/c1-9(2)15(17)16(21)18-14-8-13(19-20-14)12-6-10(3)5-11(4)7-12;/h5-9,15H,17H2,1-4H3,(H2,18,19,20,21);1H/t15-;/m0./s1. The van der Waals surface area contributed by atoms with Crippen LogP contribution in [0.3, 0.4) is 0 Å². The molecule has 120 valence electrons. The van der Waals surface area contributed by atoms with Crippen LogP contribution in [0.25, 0.3) is 11.3 Å². The molecule has 1 aromatic carbocycles. The van der Waals surface area contributed by atoms with Crippen molar-refractivity contribution >= 4 is 24.1 Å². The number of aryl methyl sites for hydroxylation is 2. The van der Waals surface area contributed by atoms with Gasteiger partial charge in [0.25, 0.3) is 0 Å². The molecule has 0 bridgehead atoms. The number of nitrogens with two attached hydrogens (primary N) is 1. The monoisotopic (exact) mass is 322 g/mol. The molecule has 0 radical (unpaired) electrons. The zero-order chi connectivity index (χ0) is 15.6. The van der Waals surface area contributed by atoms with Crippen LogP contribution >= 0.6 is 12.4 Å². The molecule has 1 amide bonds. The fraction of sp³-hybridized carbons (Fsp3) is 0.375. The molecule has 0 fully saturated rings. The number of carbonyl (C=O) groups is 1. The fourth-order valence-electron chi connectivity index (χ4n) is 2.18. The average Bonchev–Trinajstić information content (AvgIpc) is 2.85. The number of halogens is 1. The van der Waals surface area contributed by atoms with Gasteiger partial charge in [-0.15, -0.1) is 12.4 Å². The number of H-pyrrole nitrogens is 1. The lowest BCUT2D eigenvalue weighted by Gasteiger charge is -2.13. The summed E-state index contributed by atoms with van der Waals surface area (Å²) >= 11 is 0. The highest BCUT2D eigenvalue weighted by Crippen LogP contribution is 2.22. The lowest BCUT2D eigenvalue weighted by molar-refractivity contribution is -0.118. The molecule has 0 saturated carbocycles. The number of aromatic amines is 1. The van der Waals surface area contributed by atoms with Crippen LogP contribution in [0.2, 0.25) is 0 Å². The quantitative estimate of drug-likeness (QED) is 0.809. The summed E-state index contributed by atoms with van der Waals surface area (Å²) in [5, 5.41) is 9.80. The number of nitrogens with zero attached hydrogens (tertiary/aromatic N) is 1. The first-order chi connectivity index (χ1) is 9.86. The second kappa shape index (κ2) is 7.42. The Morgan fingerprint density at radius 2 is 1.77 bits per heavy atom. The van der Waals surface area contributed by atoms with Crippen molar-refractivity contribution in [3.05, 3.63) is 35.4 Å². The summed E-state index contributed by atoms with van der Waals surface area (Å²) < 4.78 is 0. The smallest absolute Gasteiger partial charge is 0.242 e. The van der Waals surface area contributed by atoms with Gasteiger partial charge in [-0.3, -0.25) is 9.89 Å². The minimum atomic E-state index is -0.536. The van der Waals surface area contributed by atoms with E-state index in [4.69, 9.17) is 5.73 Å². The fourth-order valence-corrected chi connectivity index (χ4v) is 2.18. The van der Waals surface area contributed by atoms with Crippen LogP contribution in [0.1, 0.15) is 25.0 Å². The Hall–Kier alpha value is -1.85. The van der Waals surface area contributed by atoms with Gasteiger partial charge in [0.1, 0.15) is 0 Å². The van der Waals surface area contributed by atoms with E-state index in [1.165, 1.54) is 11.1 Å². The van der Waals surface area contributed by atoms with Gasteiger partial charge < -0.3 is 11.1 Å². The molecular weight excluding hydrogens is 300 g/mol. The summed E-state index contributed by atoms with van der Waals surface area (Å²) in [6.07, 6.45) is 0. The Kier molecular flexibility index (Phi) is 6.14. The maximum atomic E-state index is 11.9. The minimum absolute atomic E-state index is 0. The van der Waals surface area contributed by atoms with E-state index in [9.17, 15) is 4.79 Å². The first kappa shape index (κ1) is 18.2. The molecule has 6 heteroatoms. The molecule has 0 aliphatic rings. The summed E-state index contributed by atoms with van der Waals surface area (Å²) in [5.41, 5.74) is 10.1. The summed E-state index contributed by atoms with van der Waals surface area (Å²) in [7, 11) is 0. The summed E-state index contributed by atoms with van der Waals surface area (Å²) in [6.45, 7) is 7.93. The van der Waals surface area contributed by atoms with E-state index < -0.39 is 6.04 Å². The Labute approximate surface area is 137 Å². The number of benzene rings is 1. The molecule has 0 aliphatic heterocycles. The van der Waals surface area contributed by atoms with E-state index in [-0.39, 0.29) is 24.2 Å². The maximum absolute atomic E-state index is 11.9. The Bertz CT molecular complexity index is 631. The molecule has 0 saturated heterocycles. The average molecular weight is 323 g/mol. The van der Waals surface area contributed by atoms with Gasteiger partial charge in [0.15, 0.2) is 5.82 Å². The van der Waals surface area contributed by atoms with Crippen LogP contribution in [0.15, 0.2) is 24.3 Å². The van der Waals surface area contributed by atoms with Gasteiger partial charge in [-0.1, -0.05) is 31.0 Å². The first-order valence-electron chi connectivity index (χ1n) is 7.07. The lowest BCUT2D eigenvalue weighted by atomic mass is 10.0. The van der Waals surface area contributed by atoms with Gasteiger partial charge >= 0.3 is 0 Å². The highest BCUT2D eigenvalue weighted by molar-refractivity contribution is 5.94. The highest BCUT2D eigenvalue weighted by Gasteiger charge is 2.18. The van der Waals surface area contributed by atoms with E-state index in [1.807, 2.05) is 19.9 Å². The number of hydrogen-bond donors (Lipinski definition) is 3. The van der Waals surface area contributed by atoms with Crippen molar-refractivity contribution < 1.29 is 4.79 Å². The Morgan fingerprint density at radius 1 is 1.18 bits per heavy atom. The highest BCUT2D eigenvalue weighted by atomic mass is 35.5. The molecule has 2 aromatic rings. The first-order valence-corrected chi connectivity index (χ1v) is 7.07. The van der Waals surface area contributed by atoms with E-state index >= 15 is 0 Å². The van der Waals surface area contributed by atoms with Gasteiger partial charge in [0.2, 0.25) is 5.91 Å². The van der Waals surface area contributed by atoms with Gasteiger partial charge in [-0.05, 0) is 31.9 Å². The number of nitrogens with one attached hydrogen (secondary N) is 2. The van der Waals surface area contributed by atoms with Crippen molar-refractivity contribution in [3.63, 3.8) is 0 Å². The van der Waals surface area contributed by atoms with E-state index in [0.29, 0.717) is 5.82 Å². The van der Waals surface area contributed by atoms with E-state index in [2.05, 4.69) is 47.6 Å². The zero-order valence-corrected chi connectivity index (χ0v) is 14.1. The van der Waals surface area contributed by atoms with Crippen LogP contribution in [-0.4, -0.2) is 22.1 Å². The van der Waals surface area contributed by atoms with Crippen molar-refractivity contribution in [2.24, 2.45) is 11.7 Å². The number of anilines is 1. The molecule has 4 N–H and O–H groups in total. The van der Waals surface area contributed by atoms with Crippen LogP contribution in [0.4, 0.5) is 5.82 Å². The Morgan fingerprint density at radius 3 is 2.32 bits per heavy atom. The van der Waals surface area contributed by atoms with Crippen LogP contribution in [0, 0.1) is 19.8 Å². The molecule has 0 spiro atoms. The SMILES string of the molecule is Cc1cc(C)cc(-c2cc(NC(=O)[C@@H](N)C(C)C)n[nH]2)c1.Cl. The largest absolute Gasteiger partial charge is 0.320 e. The predicted octanol–water partition coefficient (Wildman–Crippen LogP) is 3.04. The van der Waals surface area contributed by atoms with Crippen molar-refractivity contribution in [3.8, 4) is 11.3 Å². The molecule has 22 heavy (non-hydrogen) atoms. The van der Waals surface area contributed by atoms with Crippen molar-refractivity contribution in [2.45, 2.75) is 33.7 Å². The van der Waals surface area contributed by atoms with Crippen molar-refractivity contribution in [1.29, 1.82) is 0 Å². The number of aromatic nitrogens is 2. The molecule has 0 aliphatic carbocycles. The van der Waals surface area contributed by atoms with Gasteiger partial charge in [-0.2, -0.15) is 5.10 Å². The van der Waals surface area contributed by atoms with Crippen LogP contribution in [-0.2, 0) is 4.79 Å². The predicted molar refractivity (Wildman–Crippen MR) is 92.2 cm³/mol. The maximum Gasteiger partial charge on any atom is 0.242 e. The molecule has 2 rings (SSSR count). The third-order valence-electron chi connectivity index (χ3n) is 3.38. The number of amides is 1. The number of carbonyl (C=O) groups excluding carboxylic acids is 1. The molecule has 0 unspecified atom stereocenters. The topological polar surface area (TPSA) is 83.8 Å². The summed E-state index contributed by atoms with van der Waals surface area (Å²) in [4.78, 5) is 11.9. The molecular formula is C16H23ClN4O. The lowest BCUT2D eigenvalue weighted by Crippen LogP contribution is -2.39. The molecule has 1 aromatic heterocycles. The number of rotatable bonds is 4.